The summed E-state index contributed by atoms with van der Waals surface area (Å²) in [6.07, 6.45) is -6.42. The molecular formula is C32H34ClF7N4O. The minimum atomic E-state index is -5.06. The summed E-state index contributed by atoms with van der Waals surface area (Å²) in [7, 11) is 1.40. The molecule has 1 atom stereocenters. The maximum atomic E-state index is 14.1. The number of likely N-dealkylation sites (N-methyl/N-ethyl adjacent to an activating group) is 1. The summed E-state index contributed by atoms with van der Waals surface area (Å²) >= 11 is 0. The van der Waals surface area contributed by atoms with Crippen molar-refractivity contribution >= 4 is 29.8 Å². The Morgan fingerprint density at radius 3 is 2.11 bits per heavy atom. The first-order valence-corrected chi connectivity index (χ1v) is 14.3. The molecule has 3 heterocycles. The molecule has 0 aliphatic carbocycles. The lowest BCUT2D eigenvalue weighted by molar-refractivity contribution is -0.143. The summed E-state index contributed by atoms with van der Waals surface area (Å²) in [6.45, 7) is 7.73. The van der Waals surface area contributed by atoms with E-state index in [-0.39, 0.29) is 24.2 Å². The van der Waals surface area contributed by atoms with E-state index in [1.54, 1.807) is 13.0 Å². The number of halogens is 8. The van der Waals surface area contributed by atoms with Gasteiger partial charge >= 0.3 is 12.4 Å². The van der Waals surface area contributed by atoms with Gasteiger partial charge < -0.3 is 9.80 Å². The maximum Gasteiger partial charge on any atom is 0.416 e. The number of anilines is 2. The zero-order valence-electron chi connectivity index (χ0n) is 25.2. The van der Waals surface area contributed by atoms with Crippen molar-refractivity contribution in [2.45, 2.75) is 57.4 Å². The molecule has 3 aromatic rings. The topological polar surface area (TPSA) is 39.7 Å². The van der Waals surface area contributed by atoms with Crippen LogP contribution in [-0.2, 0) is 22.6 Å². The predicted molar refractivity (Wildman–Crippen MR) is 161 cm³/mol. The fourth-order valence-electron chi connectivity index (χ4n) is 6.19. The number of alkyl halides is 6. The van der Waals surface area contributed by atoms with Gasteiger partial charge in [0, 0.05) is 38.3 Å². The highest BCUT2D eigenvalue weighted by atomic mass is 35.5. The Hall–Kier alpha value is -3.38. The van der Waals surface area contributed by atoms with Gasteiger partial charge in [-0.25, -0.2) is 9.37 Å². The number of benzene rings is 2. The second kappa shape index (κ2) is 12.4. The number of nitrogens with zero attached hydrogens (tertiary/aromatic N) is 4. The molecule has 13 heteroatoms. The number of rotatable bonds is 5. The van der Waals surface area contributed by atoms with Gasteiger partial charge in [-0.05, 0) is 93.2 Å². The highest BCUT2D eigenvalue weighted by Crippen LogP contribution is 2.41. The van der Waals surface area contributed by atoms with Gasteiger partial charge in [-0.2, -0.15) is 26.3 Å². The SMILES string of the molecule is Cc1cc(F)ccc1-c1cc(N2CCN3CCC[C@@H]3C2)ncc1N(C)C(=O)C(C)(C)c1cc(C(F)(F)F)cc(C(F)(F)F)c1.Cl. The average Bonchev–Trinajstić information content (AvgIpc) is 3.43. The third kappa shape index (κ3) is 6.91. The number of piperazine rings is 1. The van der Waals surface area contributed by atoms with E-state index >= 15 is 0 Å². The van der Waals surface area contributed by atoms with Crippen LogP contribution in [0, 0.1) is 12.7 Å². The van der Waals surface area contributed by atoms with Crippen molar-refractivity contribution in [1.82, 2.24) is 9.88 Å². The number of aryl methyl sites for hydroxylation is 1. The van der Waals surface area contributed by atoms with Gasteiger partial charge in [0.05, 0.1) is 28.4 Å². The van der Waals surface area contributed by atoms with Crippen molar-refractivity contribution in [3.63, 3.8) is 0 Å². The summed E-state index contributed by atoms with van der Waals surface area (Å²) in [5.41, 5.74) is -3.23. The van der Waals surface area contributed by atoms with Gasteiger partial charge in [0.1, 0.15) is 11.6 Å². The first-order chi connectivity index (χ1) is 20.5. The predicted octanol–water partition coefficient (Wildman–Crippen LogP) is 7.88. The van der Waals surface area contributed by atoms with Crippen LogP contribution in [0.25, 0.3) is 11.1 Å². The molecule has 2 aliphatic heterocycles. The first-order valence-electron chi connectivity index (χ1n) is 14.3. The van der Waals surface area contributed by atoms with Gasteiger partial charge in [0.2, 0.25) is 5.91 Å². The first kappa shape index (κ1) is 34.5. The molecule has 0 N–H and O–H groups in total. The van der Waals surface area contributed by atoms with E-state index in [9.17, 15) is 35.5 Å². The summed E-state index contributed by atoms with van der Waals surface area (Å²) in [5.74, 6) is -0.540. The van der Waals surface area contributed by atoms with E-state index in [0.29, 0.717) is 40.7 Å². The molecule has 45 heavy (non-hydrogen) atoms. The summed E-state index contributed by atoms with van der Waals surface area (Å²) in [6, 6.07) is 7.63. The number of carbonyl (C=O) groups is 1. The Morgan fingerprint density at radius 1 is 0.889 bits per heavy atom. The Labute approximate surface area is 263 Å². The molecular weight excluding hydrogens is 625 g/mol. The number of hydrogen-bond donors (Lipinski definition) is 0. The van der Waals surface area contributed by atoms with E-state index in [0.717, 1.165) is 39.0 Å². The molecule has 1 aromatic heterocycles. The van der Waals surface area contributed by atoms with E-state index < -0.39 is 46.2 Å². The van der Waals surface area contributed by atoms with Crippen molar-refractivity contribution in [2.24, 2.45) is 0 Å². The van der Waals surface area contributed by atoms with E-state index in [4.69, 9.17) is 0 Å². The smallest absolute Gasteiger partial charge is 0.354 e. The molecule has 0 spiro atoms. The van der Waals surface area contributed by atoms with Crippen molar-refractivity contribution in [1.29, 1.82) is 0 Å². The molecule has 2 saturated heterocycles. The second-order valence-electron chi connectivity index (χ2n) is 12.1. The molecule has 5 rings (SSSR count). The van der Waals surface area contributed by atoms with Crippen LogP contribution in [0.2, 0.25) is 0 Å². The van der Waals surface area contributed by atoms with E-state index in [1.807, 2.05) is 6.07 Å². The summed E-state index contributed by atoms with van der Waals surface area (Å²) in [4.78, 5) is 24.4. The number of amides is 1. The lowest BCUT2D eigenvalue weighted by Crippen LogP contribution is -2.50. The van der Waals surface area contributed by atoms with Crippen LogP contribution >= 0.6 is 12.4 Å². The molecule has 0 saturated carbocycles. The molecule has 0 bridgehead atoms. The average molecular weight is 659 g/mol. The molecule has 2 aromatic carbocycles. The Morgan fingerprint density at radius 2 is 1.51 bits per heavy atom. The monoisotopic (exact) mass is 658 g/mol. The number of carbonyl (C=O) groups excluding carboxylic acids is 1. The third-order valence-corrected chi connectivity index (χ3v) is 8.77. The van der Waals surface area contributed by atoms with Crippen molar-refractivity contribution in [2.75, 3.05) is 43.0 Å². The highest BCUT2D eigenvalue weighted by Gasteiger charge is 2.41. The third-order valence-electron chi connectivity index (χ3n) is 8.77. The number of fused-ring (bicyclic) bond motifs is 1. The zero-order chi connectivity index (χ0) is 32.2. The van der Waals surface area contributed by atoms with Crippen LogP contribution in [0.3, 0.4) is 0 Å². The Kier molecular flexibility index (Phi) is 9.53. The molecule has 2 aliphatic rings. The number of hydrogen-bond acceptors (Lipinski definition) is 4. The van der Waals surface area contributed by atoms with Crippen LogP contribution in [0.5, 0.6) is 0 Å². The number of pyridine rings is 1. The highest BCUT2D eigenvalue weighted by molar-refractivity contribution is 6.03. The normalized spacial score (nSPS) is 17.6. The lowest BCUT2D eigenvalue weighted by Gasteiger charge is -2.38. The minimum absolute atomic E-state index is 0. The summed E-state index contributed by atoms with van der Waals surface area (Å²) in [5, 5.41) is 0. The van der Waals surface area contributed by atoms with Crippen LogP contribution in [0.4, 0.5) is 42.2 Å². The van der Waals surface area contributed by atoms with Gasteiger partial charge in [-0.3, -0.25) is 9.69 Å². The minimum Gasteiger partial charge on any atom is -0.354 e. The molecule has 0 unspecified atom stereocenters. The van der Waals surface area contributed by atoms with Crippen LogP contribution < -0.4 is 9.80 Å². The molecule has 2 fully saturated rings. The van der Waals surface area contributed by atoms with Crippen LogP contribution in [0.1, 0.15) is 48.9 Å². The standard InChI is InChI=1S/C32H33F7N4O.ClH/c1-19-12-23(33)7-8-25(19)26-16-28(43-11-10-42-9-5-6-24(42)18-43)40-17-27(26)41(4)29(44)30(2,3)20-13-21(31(34,35)36)15-22(14-20)32(37,38)39;/h7-8,12-17,24H,5-6,9-11,18H2,1-4H3;1H/t24-;/m1./s1. The van der Waals surface area contributed by atoms with E-state index in [2.05, 4.69) is 14.8 Å². The van der Waals surface area contributed by atoms with E-state index in [1.165, 1.54) is 44.1 Å². The number of aromatic nitrogens is 1. The van der Waals surface area contributed by atoms with Crippen molar-refractivity contribution in [3.8, 4) is 11.1 Å². The Balaban J connectivity index is 0.00000461. The summed E-state index contributed by atoms with van der Waals surface area (Å²) < 4.78 is 95.8. The lowest BCUT2D eigenvalue weighted by atomic mass is 9.81. The zero-order valence-corrected chi connectivity index (χ0v) is 26.0. The van der Waals surface area contributed by atoms with Gasteiger partial charge in [0.15, 0.2) is 0 Å². The molecule has 244 valence electrons. The van der Waals surface area contributed by atoms with Crippen molar-refractivity contribution < 1.29 is 35.5 Å². The molecule has 5 nitrogen and oxygen atoms in total. The van der Waals surface area contributed by atoms with Crippen LogP contribution in [0.15, 0.2) is 48.7 Å². The van der Waals surface area contributed by atoms with Crippen molar-refractivity contribution in [3.05, 3.63) is 76.7 Å². The van der Waals surface area contributed by atoms with Crippen LogP contribution in [-0.4, -0.2) is 55.1 Å². The van der Waals surface area contributed by atoms with Gasteiger partial charge in [-0.15, -0.1) is 12.4 Å². The molecule has 0 radical (unpaired) electrons. The maximum absolute atomic E-state index is 14.1. The fraction of sp³-hybridized carbons (Fsp3) is 0.438. The fourth-order valence-corrected chi connectivity index (χ4v) is 6.19. The second-order valence-corrected chi connectivity index (χ2v) is 12.1. The van der Waals surface area contributed by atoms with Gasteiger partial charge in [-0.1, -0.05) is 6.07 Å². The largest absolute Gasteiger partial charge is 0.416 e. The molecule has 1 amide bonds. The van der Waals surface area contributed by atoms with Gasteiger partial charge in [0.25, 0.3) is 0 Å². The quantitative estimate of drug-likeness (QED) is 0.262. The Bertz CT molecular complexity index is 1540.